The first-order valence-electron chi connectivity index (χ1n) is 7.38. The highest BCUT2D eigenvalue weighted by atomic mass is 32.2. The van der Waals surface area contributed by atoms with Crippen LogP contribution in [-0.2, 0) is 9.59 Å². The highest BCUT2D eigenvalue weighted by Crippen LogP contribution is 2.38. The monoisotopic (exact) mass is 323 g/mol. The Morgan fingerprint density at radius 1 is 1.45 bits per heavy atom. The summed E-state index contributed by atoms with van der Waals surface area (Å²) in [7, 11) is 0. The predicted octanol–water partition coefficient (Wildman–Crippen LogP) is 3.02. The number of benzene rings is 1. The maximum absolute atomic E-state index is 12.2. The minimum absolute atomic E-state index is 0.00398. The molecule has 0 fully saturated rings. The molecule has 1 amide bonds. The quantitative estimate of drug-likeness (QED) is 0.844. The van der Waals surface area contributed by atoms with Crippen LogP contribution >= 0.6 is 11.8 Å². The Hall–Kier alpha value is -1.69. The number of carboxylic acid groups (broad SMARTS) is 1. The fourth-order valence-corrected chi connectivity index (χ4v) is 2.94. The lowest BCUT2D eigenvalue weighted by atomic mass is 10.0. The molecule has 1 N–H and O–H groups in total. The van der Waals surface area contributed by atoms with Crippen LogP contribution in [0.1, 0.15) is 27.2 Å². The molecule has 22 heavy (non-hydrogen) atoms. The van der Waals surface area contributed by atoms with Gasteiger partial charge in [0.1, 0.15) is 11.9 Å². The van der Waals surface area contributed by atoms with Crippen molar-refractivity contribution in [3.05, 3.63) is 18.2 Å². The zero-order valence-corrected chi connectivity index (χ0v) is 13.9. The molecule has 0 bridgehead atoms. The zero-order chi connectivity index (χ0) is 16.3. The van der Waals surface area contributed by atoms with E-state index in [-0.39, 0.29) is 17.8 Å². The van der Waals surface area contributed by atoms with E-state index in [9.17, 15) is 9.59 Å². The lowest BCUT2D eigenvalue weighted by Crippen LogP contribution is -2.45. The number of rotatable bonds is 5. The Kier molecular flexibility index (Phi) is 5.34. The average Bonchev–Trinajstić information content (AvgIpc) is 2.50. The molecular weight excluding hydrogens is 302 g/mol. The Balaban J connectivity index is 2.31. The van der Waals surface area contributed by atoms with Gasteiger partial charge < -0.3 is 14.7 Å². The molecule has 2 rings (SSSR count). The van der Waals surface area contributed by atoms with Crippen molar-refractivity contribution in [3.63, 3.8) is 0 Å². The van der Waals surface area contributed by atoms with E-state index in [4.69, 9.17) is 9.84 Å². The van der Waals surface area contributed by atoms with Crippen molar-refractivity contribution in [3.8, 4) is 5.75 Å². The summed E-state index contributed by atoms with van der Waals surface area (Å²) >= 11 is 1.24. The van der Waals surface area contributed by atoms with E-state index in [1.807, 2.05) is 25.1 Å². The van der Waals surface area contributed by atoms with Crippen LogP contribution in [0.25, 0.3) is 0 Å². The Labute approximate surface area is 134 Å². The van der Waals surface area contributed by atoms with E-state index in [1.165, 1.54) is 11.8 Å². The van der Waals surface area contributed by atoms with Crippen molar-refractivity contribution in [2.24, 2.45) is 5.92 Å². The smallest absolute Gasteiger partial charge is 0.313 e. The summed E-state index contributed by atoms with van der Waals surface area (Å²) in [6, 6.07) is 5.50. The number of amides is 1. The van der Waals surface area contributed by atoms with Gasteiger partial charge in [0.15, 0.2) is 0 Å². The summed E-state index contributed by atoms with van der Waals surface area (Å²) in [5.74, 6) is 0.180. The molecule has 0 aromatic heterocycles. The van der Waals surface area contributed by atoms with E-state index >= 15 is 0 Å². The largest absolute Gasteiger partial charge is 0.486 e. The topological polar surface area (TPSA) is 66.8 Å². The van der Waals surface area contributed by atoms with Gasteiger partial charge in [-0.25, -0.2) is 0 Å². The fraction of sp³-hybridized carbons (Fsp3) is 0.500. The van der Waals surface area contributed by atoms with Crippen molar-refractivity contribution in [1.82, 2.24) is 0 Å². The van der Waals surface area contributed by atoms with Gasteiger partial charge in [-0.15, -0.1) is 11.8 Å². The van der Waals surface area contributed by atoms with Gasteiger partial charge in [-0.3, -0.25) is 9.59 Å². The van der Waals surface area contributed by atoms with Crippen LogP contribution in [0.5, 0.6) is 5.75 Å². The molecule has 1 atom stereocenters. The third kappa shape index (κ3) is 3.74. The van der Waals surface area contributed by atoms with Gasteiger partial charge in [0.05, 0.1) is 18.0 Å². The van der Waals surface area contributed by atoms with Crippen LogP contribution in [0.2, 0.25) is 0 Å². The second-order valence-corrected chi connectivity index (χ2v) is 6.62. The van der Waals surface area contributed by atoms with Crippen molar-refractivity contribution >= 4 is 29.3 Å². The summed E-state index contributed by atoms with van der Waals surface area (Å²) in [4.78, 5) is 25.5. The van der Waals surface area contributed by atoms with Crippen molar-refractivity contribution < 1.29 is 19.4 Å². The van der Waals surface area contributed by atoms with Gasteiger partial charge in [0.2, 0.25) is 5.91 Å². The molecule has 1 unspecified atom stereocenters. The minimum atomic E-state index is -0.861. The number of nitrogens with zero attached hydrogens (tertiary/aromatic N) is 1. The highest BCUT2D eigenvalue weighted by molar-refractivity contribution is 8.00. The number of carboxylic acids is 1. The van der Waals surface area contributed by atoms with Crippen LogP contribution in [0.3, 0.4) is 0 Å². The summed E-state index contributed by atoms with van der Waals surface area (Å²) in [5.41, 5.74) is 0.735. The van der Waals surface area contributed by atoms with E-state index in [0.717, 1.165) is 10.6 Å². The molecular formula is C16H21NO4S. The second-order valence-electron chi connectivity index (χ2n) is 5.57. The van der Waals surface area contributed by atoms with Gasteiger partial charge in [-0.1, -0.05) is 20.8 Å². The Morgan fingerprint density at radius 3 is 2.77 bits per heavy atom. The summed E-state index contributed by atoms with van der Waals surface area (Å²) in [5, 5.41) is 8.78. The van der Waals surface area contributed by atoms with Crippen LogP contribution in [-0.4, -0.2) is 35.4 Å². The summed E-state index contributed by atoms with van der Waals surface area (Å²) in [6.07, 6.45) is 0.400. The standard InChI is InChI=1S/C16H21NO4S/c1-4-15(18)17-8-14(10(2)3)21-13-6-5-11(7-12(13)17)22-9-16(19)20/h5-7,10,14H,4,8-9H2,1-3H3,(H,19,20). The van der Waals surface area contributed by atoms with Gasteiger partial charge in [-0.2, -0.15) is 0 Å². The number of aliphatic carboxylic acids is 1. The second kappa shape index (κ2) is 7.05. The van der Waals surface area contributed by atoms with Gasteiger partial charge in [0, 0.05) is 11.3 Å². The molecule has 120 valence electrons. The van der Waals surface area contributed by atoms with Crippen LogP contribution < -0.4 is 9.64 Å². The van der Waals surface area contributed by atoms with Gasteiger partial charge >= 0.3 is 5.97 Å². The molecule has 0 aliphatic carbocycles. The van der Waals surface area contributed by atoms with E-state index in [0.29, 0.717) is 24.6 Å². The third-order valence-electron chi connectivity index (χ3n) is 3.57. The van der Waals surface area contributed by atoms with Crippen molar-refractivity contribution in [2.45, 2.75) is 38.2 Å². The fourth-order valence-electron chi connectivity index (χ4n) is 2.30. The first-order chi connectivity index (χ1) is 10.4. The molecule has 1 aromatic carbocycles. The first kappa shape index (κ1) is 16.7. The number of carbonyl (C=O) groups is 2. The molecule has 0 radical (unpaired) electrons. The highest BCUT2D eigenvalue weighted by Gasteiger charge is 2.30. The van der Waals surface area contributed by atoms with E-state index < -0.39 is 5.97 Å². The molecule has 0 spiro atoms. The zero-order valence-electron chi connectivity index (χ0n) is 13.0. The first-order valence-corrected chi connectivity index (χ1v) is 8.36. The molecule has 0 saturated carbocycles. The normalized spacial score (nSPS) is 17.1. The van der Waals surface area contributed by atoms with Gasteiger partial charge in [-0.05, 0) is 24.1 Å². The Morgan fingerprint density at radius 2 is 2.18 bits per heavy atom. The van der Waals surface area contributed by atoms with E-state index in [2.05, 4.69) is 13.8 Å². The lowest BCUT2D eigenvalue weighted by Gasteiger charge is -2.36. The van der Waals surface area contributed by atoms with E-state index in [1.54, 1.807) is 4.90 Å². The number of anilines is 1. The maximum atomic E-state index is 12.2. The summed E-state index contributed by atoms with van der Waals surface area (Å²) in [6.45, 7) is 6.51. The number of thioether (sulfide) groups is 1. The van der Waals surface area contributed by atoms with Crippen molar-refractivity contribution in [1.29, 1.82) is 0 Å². The van der Waals surface area contributed by atoms with Crippen LogP contribution in [0, 0.1) is 5.92 Å². The van der Waals surface area contributed by atoms with Crippen molar-refractivity contribution in [2.75, 3.05) is 17.2 Å². The molecule has 1 heterocycles. The number of ether oxygens (including phenoxy) is 1. The van der Waals surface area contributed by atoms with Crippen LogP contribution in [0.15, 0.2) is 23.1 Å². The summed E-state index contributed by atoms with van der Waals surface area (Å²) < 4.78 is 5.98. The van der Waals surface area contributed by atoms with Gasteiger partial charge in [0.25, 0.3) is 0 Å². The predicted molar refractivity (Wildman–Crippen MR) is 86.7 cm³/mol. The third-order valence-corrected chi connectivity index (χ3v) is 4.55. The molecule has 1 aromatic rings. The number of hydrogen-bond donors (Lipinski definition) is 1. The lowest BCUT2D eigenvalue weighted by molar-refractivity contribution is -0.133. The molecule has 5 nitrogen and oxygen atoms in total. The molecule has 1 aliphatic heterocycles. The number of carbonyl (C=O) groups excluding carboxylic acids is 1. The average molecular weight is 323 g/mol. The minimum Gasteiger partial charge on any atom is -0.486 e. The van der Waals surface area contributed by atoms with Crippen LogP contribution in [0.4, 0.5) is 5.69 Å². The SMILES string of the molecule is CCC(=O)N1CC(C(C)C)Oc2ccc(SCC(=O)O)cc21. The molecule has 0 saturated heterocycles. The maximum Gasteiger partial charge on any atom is 0.313 e. The Bertz CT molecular complexity index is 573. The number of hydrogen-bond acceptors (Lipinski definition) is 4. The molecule has 6 heteroatoms. The molecule has 1 aliphatic rings. The number of fused-ring (bicyclic) bond motifs is 1.